The van der Waals surface area contributed by atoms with Crippen molar-refractivity contribution < 1.29 is 34.3 Å². The Morgan fingerprint density at radius 2 is 1.76 bits per heavy atom. The smallest absolute Gasteiger partial charge is 0.306 e. The van der Waals surface area contributed by atoms with Gasteiger partial charge in [-0.3, -0.25) is 4.79 Å². The highest BCUT2D eigenvalue weighted by Gasteiger charge is 2.44. The molecule has 5 atom stereocenters. The van der Waals surface area contributed by atoms with E-state index in [2.05, 4.69) is 0 Å². The fourth-order valence-corrected chi connectivity index (χ4v) is 4.11. The molecule has 1 aliphatic heterocycles. The van der Waals surface area contributed by atoms with Gasteiger partial charge in [-0.2, -0.15) is 0 Å². The fourth-order valence-electron chi connectivity index (χ4n) is 3.93. The molecule has 1 saturated heterocycles. The zero-order chi connectivity index (χ0) is 24.8. The summed E-state index contributed by atoms with van der Waals surface area (Å²) in [5.74, 6) is 0.511. The number of benzene rings is 2. The van der Waals surface area contributed by atoms with Crippen LogP contribution in [0.15, 0.2) is 42.5 Å². The molecule has 0 amide bonds. The lowest BCUT2D eigenvalue weighted by atomic mass is 9.90. The van der Waals surface area contributed by atoms with Gasteiger partial charge in [0.2, 0.25) is 0 Å². The van der Waals surface area contributed by atoms with Crippen LogP contribution in [0.4, 0.5) is 0 Å². The van der Waals surface area contributed by atoms with E-state index in [1.165, 1.54) is 0 Å². The molecule has 1 heterocycles. The maximum atomic E-state index is 11.9. The maximum absolute atomic E-state index is 11.9. The largest absolute Gasteiger partial charge is 0.494 e. The Hall–Kier alpha value is -2.16. The molecule has 0 radical (unpaired) electrons. The highest BCUT2D eigenvalue weighted by atomic mass is 35.5. The Balaban J connectivity index is 1.75. The summed E-state index contributed by atoms with van der Waals surface area (Å²) < 4.78 is 16.6. The molecule has 3 N–H and O–H groups in total. The molecule has 7 nitrogen and oxygen atoms in total. The van der Waals surface area contributed by atoms with Crippen LogP contribution in [0.5, 0.6) is 5.75 Å². The molecule has 8 heteroatoms. The van der Waals surface area contributed by atoms with Crippen molar-refractivity contribution in [2.24, 2.45) is 5.92 Å². The molecule has 0 saturated carbocycles. The lowest BCUT2D eigenvalue weighted by Gasteiger charge is -2.40. The number of carbonyl (C=O) groups is 1. The van der Waals surface area contributed by atoms with Gasteiger partial charge < -0.3 is 29.5 Å². The molecule has 34 heavy (non-hydrogen) atoms. The summed E-state index contributed by atoms with van der Waals surface area (Å²) >= 11 is 6.43. The predicted molar refractivity (Wildman–Crippen MR) is 128 cm³/mol. The number of hydrogen-bond acceptors (Lipinski definition) is 7. The SMILES string of the molecule is CCOc1ccc(Cc2cc([C@@H]3O[C@H](COC(=O)CC(C)C)[C@@H](O)[C@H](O)[C@H]3O)ccc2Cl)cc1. The number of ether oxygens (including phenoxy) is 3. The van der Waals surface area contributed by atoms with Crippen LogP contribution in [0.2, 0.25) is 5.02 Å². The van der Waals surface area contributed by atoms with Gasteiger partial charge in [0.1, 0.15) is 42.9 Å². The third-order valence-corrected chi connectivity index (χ3v) is 6.09. The van der Waals surface area contributed by atoms with Crippen LogP contribution < -0.4 is 4.74 Å². The van der Waals surface area contributed by atoms with Gasteiger partial charge in [0.15, 0.2) is 0 Å². The average molecular weight is 493 g/mol. The number of aliphatic hydroxyl groups is 3. The minimum Gasteiger partial charge on any atom is -0.494 e. The molecule has 0 bridgehead atoms. The second kappa shape index (κ2) is 12.0. The molecule has 0 aromatic heterocycles. The Morgan fingerprint density at radius 1 is 1.06 bits per heavy atom. The van der Waals surface area contributed by atoms with E-state index in [1.807, 2.05) is 51.1 Å². The normalized spacial score (nSPS) is 24.8. The molecule has 1 aliphatic rings. The second-order valence-electron chi connectivity index (χ2n) is 8.95. The van der Waals surface area contributed by atoms with E-state index < -0.39 is 36.5 Å². The standard InChI is InChI=1S/C26H33ClO7/c1-4-32-19-8-5-16(6-9-19)12-18-13-17(7-10-20(18)27)26-25(31)24(30)23(29)21(34-26)14-33-22(28)11-15(2)3/h5-10,13,15,21,23-26,29-31H,4,11-12,14H2,1-3H3/t21-,23-,24+,25-,26+/m1/s1. The van der Waals surface area contributed by atoms with E-state index >= 15 is 0 Å². The van der Waals surface area contributed by atoms with E-state index in [-0.39, 0.29) is 18.9 Å². The first-order valence-corrected chi connectivity index (χ1v) is 11.9. The Bertz CT molecular complexity index is 947. The summed E-state index contributed by atoms with van der Waals surface area (Å²) in [6.07, 6.45) is -5.34. The van der Waals surface area contributed by atoms with E-state index in [4.69, 9.17) is 25.8 Å². The van der Waals surface area contributed by atoms with Gasteiger partial charge in [-0.05, 0) is 54.2 Å². The monoisotopic (exact) mass is 492 g/mol. The quantitative estimate of drug-likeness (QED) is 0.460. The molecule has 2 aromatic carbocycles. The number of halogens is 1. The summed E-state index contributed by atoms with van der Waals surface area (Å²) in [5.41, 5.74) is 2.44. The number of esters is 1. The summed E-state index contributed by atoms with van der Waals surface area (Å²) in [6, 6.07) is 13.0. The van der Waals surface area contributed by atoms with E-state index in [1.54, 1.807) is 12.1 Å². The second-order valence-corrected chi connectivity index (χ2v) is 9.36. The van der Waals surface area contributed by atoms with Gasteiger partial charge in [-0.25, -0.2) is 0 Å². The predicted octanol–water partition coefficient (Wildman–Crippen LogP) is 3.44. The summed E-state index contributed by atoms with van der Waals surface area (Å²) in [5, 5.41) is 32.0. The molecule has 2 aromatic rings. The number of rotatable bonds is 9. The molecule has 3 rings (SSSR count). The van der Waals surface area contributed by atoms with Gasteiger partial charge >= 0.3 is 5.97 Å². The highest BCUT2D eigenvalue weighted by Crippen LogP contribution is 2.34. The zero-order valence-electron chi connectivity index (χ0n) is 19.7. The van der Waals surface area contributed by atoms with Crippen LogP contribution in [-0.2, 0) is 20.7 Å². The minimum atomic E-state index is -1.46. The highest BCUT2D eigenvalue weighted by molar-refractivity contribution is 6.31. The van der Waals surface area contributed by atoms with Gasteiger partial charge in [0.05, 0.1) is 6.61 Å². The molecular formula is C26H33ClO7. The summed E-state index contributed by atoms with van der Waals surface area (Å²) in [7, 11) is 0. The van der Waals surface area contributed by atoms with Crippen molar-refractivity contribution in [1.29, 1.82) is 0 Å². The third-order valence-electron chi connectivity index (χ3n) is 5.72. The minimum absolute atomic E-state index is 0.132. The van der Waals surface area contributed by atoms with Crippen molar-refractivity contribution >= 4 is 17.6 Å². The van der Waals surface area contributed by atoms with Crippen molar-refractivity contribution in [2.45, 2.75) is 64.1 Å². The van der Waals surface area contributed by atoms with Crippen molar-refractivity contribution in [3.8, 4) is 5.75 Å². The van der Waals surface area contributed by atoms with E-state index in [9.17, 15) is 20.1 Å². The average Bonchev–Trinajstić information content (AvgIpc) is 2.79. The topological polar surface area (TPSA) is 105 Å². The number of carbonyl (C=O) groups excluding carboxylic acids is 1. The molecule has 1 fully saturated rings. The van der Waals surface area contributed by atoms with E-state index in [0.717, 1.165) is 16.9 Å². The van der Waals surface area contributed by atoms with Crippen LogP contribution >= 0.6 is 11.6 Å². The first-order valence-electron chi connectivity index (χ1n) is 11.5. The van der Waals surface area contributed by atoms with Gasteiger partial charge in [-0.1, -0.05) is 49.7 Å². The van der Waals surface area contributed by atoms with Crippen LogP contribution in [0.25, 0.3) is 0 Å². The van der Waals surface area contributed by atoms with Crippen molar-refractivity contribution in [2.75, 3.05) is 13.2 Å². The van der Waals surface area contributed by atoms with Gasteiger partial charge in [0.25, 0.3) is 0 Å². The van der Waals surface area contributed by atoms with Crippen LogP contribution in [0.3, 0.4) is 0 Å². The third kappa shape index (κ3) is 6.71. The number of aliphatic hydroxyl groups excluding tert-OH is 3. The van der Waals surface area contributed by atoms with E-state index in [0.29, 0.717) is 23.6 Å². The van der Waals surface area contributed by atoms with Crippen LogP contribution in [0, 0.1) is 5.92 Å². The van der Waals surface area contributed by atoms with Crippen molar-refractivity contribution in [1.82, 2.24) is 0 Å². The van der Waals surface area contributed by atoms with Crippen LogP contribution in [0.1, 0.15) is 50.0 Å². The van der Waals surface area contributed by atoms with Crippen LogP contribution in [-0.4, -0.2) is 58.9 Å². The van der Waals surface area contributed by atoms with Gasteiger partial charge in [-0.15, -0.1) is 0 Å². The maximum Gasteiger partial charge on any atom is 0.306 e. The molecule has 0 unspecified atom stereocenters. The van der Waals surface area contributed by atoms with Gasteiger partial charge in [0, 0.05) is 11.4 Å². The first-order chi connectivity index (χ1) is 16.2. The summed E-state index contributed by atoms with van der Waals surface area (Å²) in [4.78, 5) is 11.9. The lowest BCUT2D eigenvalue weighted by Crippen LogP contribution is -2.55. The number of hydrogen-bond donors (Lipinski definition) is 3. The Morgan fingerprint density at radius 3 is 2.41 bits per heavy atom. The lowest BCUT2D eigenvalue weighted by molar-refractivity contribution is -0.234. The Kier molecular flexibility index (Phi) is 9.33. The molecule has 0 aliphatic carbocycles. The zero-order valence-corrected chi connectivity index (χ0v) is 20.4. The molecule has 0 spiro atoms. The Labute approximate surface area is 205 Å². The summed E-state index contributed by atoms with van der Waals surface area (Å²) in [6.45, 7) is 6.09. The van der Waals surface area contributed by atoms with Crippen molar-refractivity contribution in [3.63, 3.8) is 0 Å². The molecule has 186 valence electrons. The first kappa shape index (κ1) is 26.4. The fraction of sp³-hybridized carbons (Fsp3) is 0.500. The van der Waals surface area contributed by atoms with Crippen molar-refractivity contribution in [3.05, 3.63) is 64.2 Å². The molecular weight excluding hydrogens is 460 g/mol.